The van der Waals surface area contributed by atoms with Crippen molar-refractivity contribution < 1.29 is 19.4 Å². The molecule has 28 heavy (non-hydrogen) atoms. The number of benzene rings is 1. The maximum absolute atomic E-state index is 12.8. The molecule has 1 aliphatic carbocycles. The third kappa shape index (κ3) is 5.60. The van der Waals surface area contributed by atoms with Gasteiger partial charge in [0.15, 0.2) is 17.3 Å². The van der Waals surface area contributed by atoms with E-state index in [1.807, 2.05) is 32.0 Å². The number of Topliss-reactive ketones (excluding diaryl/α,β-unsaturated/α-hetero) is 1. The number of hydrogen-bond acceptors (Lipinski definition) is 5. The first-order valence-electron chi connectivity index (χ1n) is 10.2. The highest BCUT2D eigenvalue weighted by atomic mass is 16.5. The molecule has 0 bridgehead atoms. The highest BCUT2D eigenvalue weighted by Crippen LogP contribution is 2.36. The predicted molar refractivity (Wildman–Crippen MR) is 113 cm³/mol. The Hall–Kier alpha value is -2.30. The van der Waals surface area contributed by atoms with Crippen LogP contribution in [-0.2, 0) is 11.2 Å². The fourth-order valence-electron chi connectivity index (χ4n) is 3.48. The highest BCUT2D eigenvalue weighted by Gasteiger charge is 2.36. The Morgan fingerprint density at radius 3 is 2.43 bits per heavy atom. The van der Waals surface area contributed by atoms with E-state index in [0.717, 1.165) is 17.7 Å². The average molecular weight is 388 g/mol. The second-order valence-corrected chi connectivity index (χ2v) is 7.91. The molecule has 0 saturated heterocycles. The van der Waals surface area contributed by atoms with Gasteiger partial charge in [0.05, 0.1) is 18.8 Å². The molecule has 1 N–H and O–H groups in total. The van der Waals surface area contributed by atoms with Crippen molar-refractivity contribution in [2.75, 3.05) is 19.8 Å². The summed E-state index contributed by atoms with van der Waals surface area (Å²) in [5.74, 6) is 1.39. The van der Waals surface area contributed by atoms with E-state index in [2.05, 4.69) is 25.8 Å². The molecule has 0 atom stereocenters. The maximum Gasteiger partial charge on any atom is 0.168 e. The van der Waals surface area contributed by atoms with E-state index in [0.29, 0.717) is 49.7 Å². The monoisotopic (exact) mass is 387 g/mol. The maximum atomic E-state index is 12.8. The molecule has 0 radical (unpaired) electrons. The second kappa shape index (κ2) is 9.76. The number of nitrogens with zero attached hydrogens (tertiary/aromatic N) is 1. The molecule has 1 aliphatic rings. The first-order chi connectivity index (χ1) is 13.3. The van der Waals surface area contributed by atoms with Crippen LogP contribution in [0.15, 0.2) is 34.5 Å². The van der Waals surface area contributed by atoms with Crippen LogP contribution < -0.4 is 9.47 Å². The molecule has 0 heterocycles. The van der Waals surface area contributed by atoms with Crippen molar-refractivity contribution in [2.45, 2.75) is 60.3 Å². The molecule has 1 aromatic rings. The van der Waals surface area contributed by atoms with Crippen molar-refractivity contribution in [2.24, 2.45) is 10.4 Å². The van der Waals surface area contributed by atoms with E-state index in [-0.39, 0.29) is 23.4 Å². The van der Waals surface area contributed by atoms with E-state index < -0.39 is 0 Å². The second-order valence-electron chi connectivity index (χ2n) is 7.91. The molecule has 0 aromatic heterocycles. The molecule has 5 nitrogen and oxygen atoms in total. The Balaban J connectivity index is 2.36. The number of aliphatic hydroxyl groups is 1. The molecule has 154 valence electrons. The molecule has 1 aromatic carbocycles. The number of carbonyl (C=O) groups is 1. The number of ether oxygens (including phenoxy) is 2. The Labute approximate surface area is 168 Å². The van der Waals surface area contributed by atoms with Crippen molar-refractivity contribution in [1.82, 2.24) is 0 Å². The van der Waals surface area contributed by atoms with Crippen LogP contribution in [0.4, 0.5) is 0 Å². The van der Waals surface area contributed by atoms with Crippen molar-refractivity contribution in [3.05, 3.63) is 35.1 Å². The van der Waals surface area contributed by atoms with E-state index >= 15 is 0 Å². The number of allylic oxidation sites excluding steroid dienone is 2. The first kappa shape index (κ1) is 22.0. The predicted octanol–water partition coefficient (Wildman–Crippen LogP) is 5.08. The van der Waals surface area contributed by atoms with Crippen LogP contribution >= 0.6 is 0 Å². The summed E-state index contributed by atoms with van der Waals surface area (Å²) in [5, 5.41) is 10.8. The van der Waals surface area contributed by atoms with Crippen molar-refractivity contribution >= 4 is 11.5 Å². The Morgan fingerprint density at radius 2 is 1.79 bits per heavy atom. The summed E-state index contributed by atoms with van der Waals surface area (Å²) in [5.41, 5.74) is 1.87. The van der Waals surface area contributed by atoms with Crippen LogP contribution in [0.5, 0.6) is 11.5 Å². The summed E-state index contributed by atoms with van der Waals surface area (Å²) in [6.07, 6.45) is 2.29. The topological polar surface area (TPSA) is 68.1 Å². The molecule has 0 aliphatic heterocycles. The van der Waals surface area contributed by atoms with Crippen LogP contribution in [0.1, 0.15) is 59.4 Å². The summed E-state index contributed by atoms with van der Waals surface area (Å²) in [6, 6.07) is 5.61. The largest absolute Gasteiger partial charge is 0.511 e. The van der Waals surface area contributed by atoms with Gasteiger partial charge in [-0.05, 0) is 49.8 Å². The van der Waals surface area contributed by atoms with Gasteiger partial charge in [-0.2, -0.15) is 0 Å². The zero-order valence-electron chi connectivity index (χ0n) is 17.8. The van der Waals surface area contributed by atoms with Crippen LogP contribution in [0.2, 0.25) is 0 Å². The number of rotatable bonds is 8. The van der Waals surface area contributed by atoms with Gasteiger partial charge in [-0.1, -0.05) is 26.8 Å². The van der Waals surface area contributed by atoms with E-state index in [4.69, 9.17) is 9.47 Å². The van der Waals surface area contributed by atoms with E-state index in [9.17, 15) is 9.90 Å². The van der Waals surface area contributed by atoms with Gasteiger partial charge in [0.2, 0.25) is 0 Å². The Bertz CT molecular complexity index is 762. The highest BCUT2D eigenvalue weighted by molar-refractivity contribution is 6.24. The van der Waals surface area contributed by atoms with Gasteiger partial charge in [-0.15, -0.1) is 0 Å². The number of hydrogen-bond donors (Lipinski definition) is 1. The zero-order chi connectivity index (χ0) is 20.7. The molecule has 0 unspecified atom stereocenters. The SMILES string of the molecule is CCCN=C1CC(C)(C)CC(=O)/C1=C(\O)Cc1ccc(OCC)c(OCC)c1. The Kier molecular flexibility index (Phi) is 7.67. The Morgan fingerprint density at radius 1 is 1.11 bits per heavy atom. The van der Waals surface area contributed by atoms with Crippen LogP contribution in [0.3, 0.4) is 0 Å². The fourth-order valence-corrected chi connectivity index (χ4v) is 3.48. The summed E-state index contributed by atoms with van der Waals surface area (Å²) in [6.45, 7) is 11.8. The summed E-state index contributed by atoms with van der Waals surface area (Å²) < 4.78 is 11.3. The quantitative estimate of drug-likeness (QED) is 0.499. The molecular weight excluding hydrogens is 354 g/mol. The lowest BCUT2D eigenvalue weighted by Gasteiger charge is -2.31. The zero-order valence-corrected chi connectivity index (χ0v) is 17.8. The standard InChI is InChI=1S/C23H33NO4/c1-6-11-24-17-14-23(4,5)15-19(26)22(17)18(25)12-16-9-10-20(27-7-2)21(13-16)28-8-3/h9-10,13,25H,6-8,11-12,14-15H2,1-5H3/b22-18-,24-17?. The minimum atomic E-state index is -0.130. The summed E-state index contributed by atoms with van der Waals surface area (Å²) in [7, 11) is 0. The molecule has 5 heteroatoms. The lowest BCUT2D eigenvalue weighted by molar-refractivity contribution is -0.117. The third-order valence-electron chi connectivity index (χ3n) is 4.65. The lowest BCUT2D eigenvalue weighted by Crippen LogP contribution is -2.33. The van der Waals surface area contributed by atoms with Crippen molar-refractivity contribution in [3.8, 4) is 11.5 Å². The van der Waals surface area contributed by atoms with Gasteiger partial charge in [0.1, 0.15) is 5.76 Å². The lowest BCUT2D eigenvalue weighted by atomic mass is 9.73. The van der Waals surface area contributed by atoms with Crippen molar-refractivity contribution in [3.63, 3.8) is 0 Å². The van der Waals surface area contributed by atoms with E-state index in [1.54, 1.807) is 0 Å². The number of aliphatic hydroxyl groups excluding tert-OH is 1. The molecule has 0 spiro atoms. The first-order valence-corrected chi connectivity index (χ1v) is 10.2. The van der Waals surface area contributed by atoms with Crippen LogP contribution in [0, 0.1) is 5.41 Å². The third-order valence-corrected chi connectivity index (χ3v) is 4.65. The smallest absolute Gasteiger partial charge is 0.168 e. The van der Waals surface area contributed by atoms with E-state index in [1.165, 1.54) is 0 Å². The molecule has 0 amide bonds. The number of carbonyl (C=O) groups excluding carboxylic acids is 1. The molecule has 1 fully saturated rings. The molecule has 1 saturated carbocycles. The van der Waals surface area contributed by atoms with Gasteiger partial charge in [0.25, 0.3) is 0 Å². The number of ketones is 1. The molecular formula is C23H33NO4. The minimum Gasteiger partial charge on any atom is -0.511 e. The fraction of sp³-hybridized carbons (Fsp3) is 0.565. The van der Waals surface area contributed by atoms with Gasteiger partial charge in [-0.3, -0.25) is 9.79 Å². The molecule has 2 rings (SSSR count). The van der Waals surface area contributed by atoms with Crippen molar-refractivity contribution in [1.29, 1.82) is 0 Å². The van der Waals surface area contributed by atoms with Crippen LogP contribution in [0.25, 0.3) is 0 Å². The van der Waals surface area contributed by atoms with Gasteiger partial charge in [-0.25, -0.2) is 0 Å². The average Bonchev–Trinajstić information content (AvgIpc) is 2.61. The van der Waals surface area contributed by atoms with Gasteiger partial charge < -0.3 is 14.6 Å². The minimum absolute atomic E-state index is 0.0282. The summed E-state index contributed by atoms with van der Waals surface area (Å²) >= 11 is 0. The normalized spacial score (nSPS) is 19.6. The summed E-state index contributed by atoms with van der Waals surface area (Å²) in [4.78, 5) is 17.4. The number of aliphatic imine (C=N–C) groups is 1. The van der Waals surface area contributed by atoms with Gasteiger partial charge >= 0.3 is 0 Å². The van der Waals surface area contributed by atoms with Crippen LogP contribution in [-0.4, -0.2) is 36.4 Å². The van der Waals surface area contributed by atoms with Gasteiger partial charge in [0, 0.05) is 25.1 Å².